The first kappa shape index (κ1) is 19.4. The van der Waals surface area contributed by atoms with Crippen molar-refractivity contribution < 1.29 is 4.52 Å². The zero-order valence-electron chi connectivity index (χ0n) is 14.0. The molecule has 0 aliphatic heterocycles. The smallest absolute Gasteiger partial charge is 0.246 e. The molecule has 1 heterocycles. The highest BCUT2D eigenvalue weighted by Crippen LogP contribution is 2.21. The van der Waals surface area contributed by atoms with E-state index in [0.29, 0.717) is 24.2 Å². The van der Waals surface area contributed by atoms with E-state index in [-0.39, 0.29) is 29.4 Å². The molecule has 0 radical (unpaired) electrons. The normalized spacial score (nSPS) is 11.7. The Morgan fingerprint density at radius 1 is 1.22 bits per heavy atom. The minimum absolute atomic E-state index is 0. The third-order valence-electron chi connectivity index (χ3n) is 3.45. The number of guanidine groups is 1. The van der Waals surface area contributed by atoms with Crippen molar-refractivity contribution in [3.63, 3.8) is 0 Å². The van der Waals surface area contributed by atoms with Crippen LogP contribution in [0.3, 0.4) is 0 Å². The predicted octanol–water partition coefficient (Wildman–Crippen LogP) is 2.64. The second-order valence-corrected chi connectivity index (χ2v) is 5.76. The summed E-state index contributed by atoms with van der Waals surface area (Å²) in [4.78, 5) is 8.36. The summed E-state index contributed by atoms with van der Waals surface area (Å²) in [6.45, 7) is 7.40. The van der Waals surface area contributed by atoms with Gasteiger partial charge in [-0.25, -0.2) is 0 Å². The lowest BCUT2D eigenvalue weighted by molar-refractivity contribution is 0.371. The molecule has 0 amide bonds. The summed E-state index contributed by atoms with van der Waals surface area (Å²) in [5, 5.41) is 10.3. The molecule has 0 saturated carbocycles. The van der Waals surface area contributed by atoms with Crippen molar-refractivity contribution in [2.75, 3.05) is 13.6 Å². The molecule has 2 aromatic rings. The maximum atomic E-state index is 5.07. The molecule has 1 aromatic heterocycles. The minimum Gasteiger partial charge on any atom is -0.356 e. The number of rotatable bonds is 5. The topological polar surface area (TPSA) is 75.3 Å². The maximum Gasteiger partial charge on any atom is 0.246 e. The standard InChI is InChI=1S/C16H23N5O.HI/c1-12-20-14(22-21-12)10-18-15(17-4)19-11-16(2,3)13-8-6-5-7-9-13;/h5-9H,10-11H2,1-4H3,(H2,17,18,19);1H. The third-order valence-corrected chi connectivity index (χ3v) is 3.45. The van der Waals surface area contributed by atoms with Crippen molar-refractivity contribution in [2.45, 2.75) is 32.7 Å². The number of benzene rings is 1. The van der Waals surface area contributed by atoms with Crippen LogP contribution in [-0.2, 0) is 12.0 Å². The number of aliphatic imine (C=N–C) groups is 1. The predicted molar refractivity (Wildman–Crippen MR) is 102 cm³/mol. The fraction of sp³-hybridized carbons (Fsp3) is 0.438. The van der Waals surface area contributed by atoms with Crippen LogP contribution in [0.15, 0.2) is 39.8 Å². The van der Waals surface area contributed by atoms with E-state index in [9.17, 15) is 0 Å². The van der Waals surface area contributed by atoms with Crippen LogP contribution in [0.1, 0.15) is 31.1 Å². The highest BCUT2D eigenvalue weighted by molar-refractivity contribution is 14.0. The van der Waals surface area contributed by atoms with E-state index >= 15 is 0 Å². The number of halogens is 1. The van der Waals surface area contributed by atoms with Gasteiger partial charge in [0.05, 0.1) is 6.54 Å². The zero-order valence-corrected chi connectivity index (χ0v) is 16.3. The lowest BCUT2D eigenvalue weighted by Gasteiger charge is -2.26. The van der Waals surface area contributed by atoms with Crippen molar-refractivity contribution >= 4 is 29.9 Å². The van der Waals surface area contributed by atoms with Crippen molar-refractivity contribution in [1.82, 2.24) is 20.8 Å². The van der Waals surface area contributed by atoms with E-state index in [1.165, 1.54) is 5.56 Å². The molecule has 0 bridgehead atoms. The van der Waals surface area contributed by atoms with Gasteiger partial charge in [0.25, 0.3) is 0 Å². The Kier molecular flexibility index (Phi) is 7.47. The lowest BCUT2D eigenvalue weighted by Crippen LogP contribution is -2.43. The SMILES string of the molecule is CN=C(NCc1nc(C)no1)NCC(C)(C)c1ccccc1.I. The Hall–Kier alpha value is -1.64. The van der Waals surface area contributed by atoms with Crippen LogP contribution < -0.4 is 10.6 Å². The molecule has 2 N–H and O–H groups in total. The summed E-state index contributed by atoms with van der Waals surface area (Å²) >= 11 is 0. The second-order valence-electron chi connectivity index (χ2n) is 5.76. The van der Waals surface area contributed by atoms with Crippen molar-refractivity contribution in [1.29, 1.82) is 0 Å². The molecular formula is C16H24IN5O. The molecule has 6 nitrogen and oxygen atoms in total. The first-order chi connectivity index (χ1) is 10.5. The minimum atomic E-state index is -0.0000440. The van der Waals surface area contributed by atoms with Gasteiger partial charge in [0.2, 0.25) is 5.89 Å². The fourth-order valence-electron chi connectivity index (χ4n) is 2.09. The van der Waals surface area contributed by atoms with Crippen LogP contribution in [0.4, 0.5) is 0 Å². The van der Waals surface area contributed by atoms with Crippen LogP contribution in [0.5, 0.6) is 0 Å². The highest BCUT2D eigenvalue weighted by Gasteiger charge is 2.20. The van der Waals surface area contributed by atoms with Gasteiger partial charge in [0.1, 0.15) is 0 Å². The van der Waals surface area contributed by atoms with Crippen LogP contribution in [0, 0.1) is 6.92 Å². The third kappa shape index (κ3) is 5.81. The Labute approximate surface area is 154 Å². The fourth-order valence-corrected chi connectivity index (χ4v) is 2.09. The van der Waals surface area contributed by atoms with Gasteiger partial charge in [-0.05, 0) is 12.5 Å². The molecule has 0 atom stereocenters. The summed E-state index contributed by atoms with van der Waals surface area (Å²) in [6, 6.07) is 10.4. The summed E-state index contributed by atoms with van der Waals surface area (Å²) in [7, 11) is 1.74. The van der Waals surface area contributed by atoms with Crippen LogP contribution in [0.2, 0.25) is 0 Å². The van der Waals surface area contributed by atoms with E-state index < -0.39 is 0 Å². The van der Waals surface area contributed by atoms with Crippen LogP contribution in [0.25, 0.3) is 0 Å². The molecule has 0 aliphatic carbocycles. The molecule has 0 aliphatic rings. The van der Waals surface area contributed by atoms with Crippen molar-refractivity contribution in [3.8, 4) is 0 Å². The molecule has 126 valence electrons. The largest absolute Gasteiger partial charge is 0.356 e. The lowest BCUT2D eigenvalue weighted by atomic mass is 9.85. The summed E-state index contributed by atoms with van der Waals surface area (Å²) < 4.78 is 5.07. The van der Waals surface area contributed by atoms with Gasteiger partial charge in [0, 0.05) is 19.0 Å². The quantitative estimate of drug-likeness (QED) is 0.434. The second kappa shape index (κ2) is 8.85. The first-order valence-corrected chi connectivity index (χ1v) is 7.30. The van der Waals surface area contributed by atoms with Crippen molar-refractivity contribution in [3.05, 3.63) is 47.6 Å². The average molecular weight is 429 g/mol. The summed E-state index contributed by atoms with van der Waals surface area (Å²) in [6.07, 6.45) is 0. The van der Waals surface area contributed by atoms with E-state index in [0.717, 1.165) is 6.54 Å². The molecule has 7 heteroatoms. The van der Waals surface area contributed by atoms with Gasteiger partial charge in [-0.15, -0.1) is 24.0 Å². The van der Waals surface area contributed by atoms with E-state index in [4.69, 9.17) is 4.52 Å². The molecule has 0 fully saturated rings. The average Bonchev–Trinajstić information content (AvgIpc) is 2.94. The van der Waals surface area contributed by atoms with Crippen LogP contribution in [-0.4, -0.2) is 29.7 Å². The number of nitrogens with one attached hydrogen (secondary N) is 2. The molecule has 0 spiro atoms. The van der Waals surface area contributed by atoms with Gasteiger partial charge >= 0.3 is 0 Å². The van der Waals surface area contributed by atoms with Gasteiger partial charge in [-0.2, -0.15) is 4.98 Å². The zero-order chi connectivity index (χ0) is 16.0. The van der Waals surface area contributed by atoms with E-state index in [1.54, 1.807) is 14.0 Å². The maximum absolute atomic E-state index is 5.07. The number of nitrogens with zero attached hydrogens (tertiary/aromatic N) is 3. The summed E-state index contributed by atoms with van der Waals surface area (Å²) in [5.74, 6) is 1.88. The number of aryl methyl sites for hydroxylation is 1. The molecule has 1 aromatic carbocycles. The number of aromatic nitrogens is 2. The molecule has 0 unspecified atom stereocenters. The monoisotopic (exact) mass is 429 g/mol. The Bertz CT molecular complexity index is 624. The van der Waals surface area contributed by atoms with E-state index in [1.807, 2.05) is 6.07 Å². The Morgan fingerprint density at radius 2 is 1.91 bits per heavy atom. The molecular weight excluding hydrogens is 405 g/mol. The Morgan fingerprint density at radius 3 is 2.48 bits per heavy atom. The van der Waals surface area contributed by atoms with E-state index in [2.05, 4.69) is 63.9 Å². The highest BCUT2D eigenvalue weighted by atomic mass is 127. The summed E-state index contributed by atoms with van der Waals surface area (Å²) in [5.41, 5.74) is 1.28. The molecule has 23 heavy (non-hydrogen) atoms. The van der Waals surface area contributed by atoms with Gasteiger partial charge in [0.15, 0.2) is 11.8 Å². The first-order valence-electron chi connectivity index (χ1n) is 7.30. The molecule has 0 saturated heterocycles. The van der Waals surface area contributed by atoms with Gasteiger partial charge in [-0.3, -0.25) is 4.99 Å². The number of hydrogen-bond donors (Lipinski definition) is 2. The number of hydrogen-bond acceptors (Lipinski definition) is 4. The Balaban J connectivity index is 0.00000264. The van der Waals surface area contributed by atoms with Gasteiger partial charge < -0.3 is 15.2 Å². The van der Waals surface area contributed by atoms with Crippen LogP contribution >= 0.6 is 24.0 Å². The molecule has 2 rings (SSSR count). The van der Waals surface area contributed by atoms with Crippen molar-refractivity contribution in [2.24, 2.45) is 4.99 Å². The van der Waals surface area contributed by atoms with Gasteiger partial charge in [-0.1, -0.05) is 49.3 Å².